The minimum atomic E-state index is -3.26. The Morgan fingerprint density at radius 1 is 0.304 bits per heavy atom. The zero-order chi connectivity index (χ0) is 38.5. The summed E-state index contributed by atoms with van der Waals surface area (Å²) in [5.74, 6) is 0. The van der Waals surface area contributed by atoms with Crippen LogP contribution in [0.5, 0.6) is 0 Å². The zero-order valence-electron chi connectivity index (χ0n) is 29.7. The number of fused-ring (bicyclic) bond motifs is 1. The lowest BCUT2D eigenvalue weighted by Crippen LogP contribution is -2.68. The van der Waals surface area contributed by atoms with Crippen LogP contribution in [0.15, 0.2) is 204 Å². The molecule has 0 atom stereocenters. The van der Waals surface area contributed by atoms with Gasteiger partial charge in [-0.3, -0.25) is 0 Å². The summed E-state index contributed by atoms with van der Waals surface area (Å²) < 4.78 is 14.0. The number of nitrogens with zero attached hydrogens (tertiary/aromatic N) is 2. The Bertz CT molecular complexity index is 2190. The van der Waals surface area contributed by atoms with Crippen LogP contribution in [-0.4, -0.2) is 28.1 Å². The van der Waals surface area contributed by atoms with Crippen molar-refractivity contribution in [3.63, 3.8) is 0 Å². The smallest absolute Gasteiger partial charge is 0.380 e. The van der Waals surface area contributed by atoms with Gasteiger partial charge in [0.1, 0.15) is 11.4 Å². The lowest BCUT2D eigenvalue weighted by Gasteiger charge is -2.31. The molecule has 0 saturated carbocycles. The highest BCUT2D eigenvalue weighted by atomic mass is 35.5. The minimum absolute atomic E-state index is 0.0969. The van der Waals surface area contributed by atoms with Crippen LogP contribution in [0.1, 0.15) is 11.1 Å². The molecule has 0 radical (unpaired) electrons. The van der Waals surface area contributed by atoms with E-state index >= 15 is 0 Å². The molecule has 0 aliphatic heterocycles. The fourth-order valence-electron chi connectivity index (χ4n) is 7.18. The van der Waals surface area contributed by atoms with Gasteiger partial charge >= 0.3 is 16.6 Å². The monoisotopic (exact) mass is 840 g/mol. The van der Waals surface area contributed by atoms with E-state index in [9.17, 15) is 0 Å². The molecule has 0 N–H and O–H groups in total. The quantitative estimate of drug-likeness (QED) is 0.0456. The Morgan fingerprint density at radius 3 is 0.732 bits per heavy atom. The summed E-state index contributed by atoms with van der Waals surface area (Å²) in [4.78, 5) is 0. The standard InChI is InChI=1S/C46H32Cl4N2O2Si2/c47-43-41-39(51-53-55(33-19-7-1-8-20-33,34-21-9-2-10-22-34)35-23-11-3-12-24-35)31-32-40(42(41)44(48)46(50)45(43)49)52-54-56(36-25-13-4-14-26-36,37-27-15-5-16-28-37)38-29-17-6-18-30-38/h1-32H. The number of hydrogen-bond acceptors (Lipinski definition) is 4. The first-order valence-electron chi connectivity index (χ1n) is 17.9. The minimum Gasteiger partial charge on any atom is -0.437 e. The summed E-state index contributed by atoms with van der Waals surface area (Å²) in [6, 6.07) is 61.1. The van der Waals surface area contributed by atoms with Gasteiger partial charge in [0.2, 0.25) is 0 Å². The highest BCUT2D eigenvalue weighted by molar-refractivity contribution is 7.07. The molecule has 0 heterocycles. The molecule has 0 bridgehead atoms. The van der Waals surface area contributed by atoms with Crippen molar-refractivity contribution in [3.8, 4) is 0 Å². The van der Waals surface area contributed by atoms with Crippen molar-refractivity contribution < 1.29 is 9.05 Å². The molecule has 7 aromatic carbocycles. The number of halogens is 4. The van der Waals surface area contributed by atoms with Gasteiger partial charge in [-0.2, -0.15) is 0 Å². The number of hydrogen-bond donors (Lipinski definition) is 0. The van der Waals surface area contributed by atoms with Gasteiger partial charge in [-0.1, -0.05) is 239 Å². The van der Waals surface area contributed by atoms with Gasteiger partial charge < -0.3 is 9.05 Å². The van der Waals surface area contributed by atoms with E-state index in [0.717, 1.165) is 31.1 Å². The fraction of sp³-hybridized carbons (Fsp3) is 0. The van der Waals surface area contributed by atoms with Gasteiger partial charge in [0.05, 0.1) is 20.1 Å². The highest BCUT2D eigenvalue weighted by Gasteiger charge is 2.46. The number of allylic oxidation sites excluding steroid dienone is 2. The van der Waals surface area contributed by atoms with Crippen molar-refractivity contribution in [2.75, 3.05) is 0 Å². The van der Waals surface area contributed by atoms with E-state index in [1.807, 2.05) is 109 Å². The van der Waals surface area contributed by atoms with Gasteiger partial charge in [0.25, 0.3) is 0 Å². The van der Waals surface area contributed by atoms with Crippen LogP contribution in [0.25, 0.3) is 0 Å². The Kier molecular flexibility index (Phi) is 11.1. The molecule has 1 aliphatic rings. The summed E-state index contributed by atoms with van der Waals surface area (Å²) in [6.45, 7) is 0. The third-order valence-electron chi connectivity index (χ3n) is 9.82. The van der Waals surface area contributed by atoms with Crippen molar-refractivity contribution in [1.82, 2.24) is 0 Å². The molecule has 56 heavy (non-hydrogen) atoms. The second-order valence-electron chi connectivity index (χ2n) is 13.0. The maximum absolute atomic E-state index is 7.11. The van der Waals surface area contributed by atoms with Crippen LogP contribution in [0.4, 0.5) is 0 Å². The molecule has 0 unspecified atom stereocenters. The molecule has 274 valence electrons. The molecular formula is C46H32Cl4N2O2Si2. The summed E-state index contributed by atoms with van der Waals surface area (Å²) in [5.41, 5.74) is 1.67. The Balaban J connectivity index is 1.32. The molecular weight excluding hydrogens is 811 g/mol. The number of oxime groups is 2. The second-order valence-corrected chi connectivity index (χ2v) is 21.1. The molecule has 1 aliphatic carbocycles. The second kappa shape index (κ2) is 16.5. The maximum Gasteiger partial charge on any atom is 0.380 e. The van der Waals surface area contributed by atoms with Crippen LogP contribution in [0, 0.1) is 0 Å². The molecule has 7 aromatic rings. The number of benzene rings is 7. The van der Waals surface area contributed by atoms with Gasteiger partial charge in [-0.25, -0.2) is 0 Å². The van der Waals surface area contributed by atoms with Crippen LogP contribution in [-0.2, 0) is 9.05 Å². The van der Waals surface area contributed by atoms with E-state index in [2.05, 4.69) is 72.8 Å². The molecule has 0 fully saturated rings. The van der Waals surface area contributed by atoms with E-state index < -0.39 is 16.6 Å². The Hall–Kier alpha value is -5.19. The SMILES string of the molecule is Clc1c(Cl)c(Cl)c2c(c1Cl)C(=NO[Si](c1ccccc1)(c1ccccc1)c1ccccc1)C=CC2=NO[Si](c1ccccc1)(c1ccccc1)c1ccccc1. The van der Waals surface area contributed by atoms with E-state index in [-0.39, 0.29) is 20.1 Å². The van der Waals surface area contributed by atoms with Crippen LogP contribution < -0.4 is 31.1 Å². The number of rotatable bonds is 10. The summed E-state index contributed by atoms with van der Waals surface area (Å²) in [6.07, 6.45) is 3.60. The zero-order valence-corrected chi connectivity index (χ0v) is 34.7. The maximum atomic E-state index is 7.11. The van der Waals surface area contributed by atoms with Gasteiger partial charge in [0.15, 0.2) is 0 Å². The third kappa shape index (κ3) is 6.83. The van der Waals surface area contributed by atoms with E-state index in [1.54, 1.807) is 12.2 Å². The van der Waals surface area contributed by atoms with Crippen LogP contribution >= 0.6 is 46.4 Å². The highest BCUT2D eigenvalue weighted by Crippen LogP contribution is 2.43. The summed E-state index contributed by atoms with van der Waals surface area (Å²) in [5, 5.41) is 16.5. The van der Waals surface area contributed by atoms with E-state index in [4.69, 9.17) is 65.8 Å². The largest absolute Gasteiger partial charge is 0.437 e. The first-order valence-corrected chi connectivity index (χ1v) is 23.2. The molecule has 4 nitrogen and oxygen atoms in total. The molecule has 0 spiro atoms. The average Bonchev–Trinajstić information content (AvgIpc) is 3.27. The van der Waals surface area contributed by atoms with Gasteiger partial charge in [-0.15, -0.1) is 0 Å². The van der Waals surface area contributed by atoms with Crippen molar-refractivity contribution in [2.24, 2.45) is 10.3 Å². The normalized spacial score (nSPS) is 14.1. The lowest BCUT2D eigenvalue weighted by molar-refractivity contribution is 0.348. The first kappa shape index (κ1) is 37.7. The van der Waals surface area contributed by atoms with E-state index in [1.165, 1.54) is 0 Å². The average molecular weight is 843 g/mol. The fourth-order valence-corrected chi connectivity index (χ4v) is 15.3. The molecule has 0 amide bonds. The molecule has 10 heteroatoms. The van der Waals surface area contributed by atoms with Crippen LogP contribution in [0.2, 0.25) is 20.1 Å². The van der Waals surface area contributed by atoms with Crippen molar-refractivity contribution >= 4 is 106 Å². The van der Waals surface area contributed by atoms with E-state index in [0.29, 0.717) is 22.6 Å². The van der Waals surface area contributed by atoms with Crippen molar-refractivity contribution in [2.45, 2.75) is 0 Å². The summed E-state index contributed by atoms with van der Waals surface area (Å²) in [7, 11) is -6.52. The molecule has 0 saturated heterocycles. The topological polar surface area (TPSA) is 43.2 Å². The lowest BCUT2D eigenvalue weighted by atomic mass is 9.93. The Labute approximate surface area is 348 Å². The third-order valence-corrected chi connectivity index (χ3v) is 19.2. The molecule has 8 rings (SSSR count). The first-order chi connectivity index (χ1) is 27.4. The summed E-state index contributed by atoms with van der Waals surface area (Å²) >= 11 is 27.8. The Morgan fingerprint density at radius 2 is 0.518 bits per heavy atom. The van der Waals surface area contributed by atoms with Gasteiger partial charge in [-0.05, 0) is 43.3 Å². The van der Waals surface area contributed by atoms with Crippen LogP contribution in [0.3, 0.4) is 0 Å². The predicted molar refractivity (Wildman–Crippen MR) is 239 cm³/mol. The molecule has 0 aromatic heterocycles. The van der Waals surface area contributed by atoms with Crippen molar-refractivity contribution in [1.29, 1.82) is 0 Å². The van der Waals surface area contributed by atoms with Gasteiger partial charge in [0, 0.05) is 11.1 Å². The van der Waals surface area contributed by atoms with Crippen molar-refractivity contribution in [3.05, 3.63) is 225 Å². The predicted octanol–water partition coefficient (Wildman–Crippen LogP) is 8.65.